The molecule has 0 amide bonds. The molecule has 1 fully saturated rings. The van der Waals surface area contributed by atoms with Gasteiger partial charge < -0.3 is 10.1 Å². The number of rotatable bonds is 6. The van der Waals surface area contributed by atoms with Gasteiger partial charge in [-0.2, -0.15) is 4.31 Å². The fourth-order valence-corrected chi connectivity index (χ4v) is 2.87. The second-order valence-corrected chi connectivity index (χ2v) is 5.96. The van der Waals surface area contributed by atoms with Crippen LogP contribution in [0.3, 0.4) is 0 Å². The summed E-state index contributed by atoms with van der Waals surface area (Å²) in [4.78, 5) is 16.8. The fourth-order valence-electron chi connectivity index (χ4n) is 1.51. The highest BCUT2D eigenvalue weighted by molar-refractivity contribution is 7.89. The summed E-state index contributed by atoms with van der Waals surface area (Å²) in [5.74, 6) is -0.874. The number of nitrogens with zero attached hydrogens (tertiary/aromatic N) is 2. The van der Waals surface area contributed by atoms with Gasteiger partial charge in [0.15, 0.2) is 5.03 Å². The van der Waals surface area contributed by atoms with E-state index in [-0.39, 0.29) is 17.5 Å². The van der Waals surface area contributed by atoms with Crippen molar-refractivity contribution in [2.24, 2.45) is 5.92 Å². The molecule has 1 saturated carbocycles. The molecule has 1 aliphatic carbocycles. The van der Waals surface area contributed by atoms with Crippen molar-refractivity contribution < 1.29 is 18.3 Å². The normalized spacial score (nSPS) is 16.3. The van der Waals surface area contributed by atoms with Gasteiger partial charge in [-0.05, 0) is 18.8 Å². The van der Waals surface area contributed by atoms with E-state index in [1.165, 1.54) is 12.5 Å². The van der Waals surface area contributed by atoms with Gasteiger partial charge in [-0.15, -0.1) is 0 Å². The molecule has 1 heterocycles. The molecule has 0 spiro atoms. The van der Waals surface area contributed by atoms with E-state index in [4.69, 9.17) is 5.11 Å². The Labute approximate surface area is 98.5 Å². The second kappa shape index (κ2) is 4.46. The van der Waals surface area contributed by atoms with Crippen molar-refractivity contribution in [3.63, 3.8) is 0 Å². The van der Waals surface area contributed by atoms with E-state index in [1.54, 1.807) is 0 Å². The number of H-pyrrole nitrogens is 1. The van der Waals surface area contributed by atoms with Crippen molar-refractivity contribution in [2.45, 2.75) is 17.9 Å². The zero-order chi connectivity index (χ0) is 12.5. The maximum atomic E-state index is 12.1. The van der Waals surface area contributed by atoms with Gasteiger partial charge in [0.1, 0.15) is 6.54 Å². The lowest BCUT2D eigenvalue weighted by Gasteiger charge is -2.18. The molecule has 0 aromatic carbocycles. The Morgan fingerprint density at radius 1 is 1.59 bits per heavy atom. The number of hydrogen-bond donors (Lipinski definition) is 2. The van der Waals surface area contributed by atoms with E-state index in [0.29, 0.717) is 0 Å². The molecule has 1 aromatic rings. The number of sulfonamides is 1. The number of carbonyl (C=O) groups is 1. The van der Waals surface area contributed by atoms with Crippen LogP contribution in [0.15, 0.2) is 17.6 Å². The molecule has 0 bridgehead atoms. The topological polar surface area (TPSA) is 103 Å². The maximum absolute atomic E-state index is 12.1. The summed E-state index contributed by atoms with van der Waals surface area (Å²) < 4.78 is 25.2. The lowest BCUT2D eigenvalue weighted by atomic mass is 10.4. The van der Waals surface area contributed by atoms with E-state index in [0.717, 1.165) is 17.1 Å². The van der Waals surface area contributed by atoms with Crippen molar-refractivity contribution in [3.8, 4) is 0 Å². The summed E-state index contributed by atoms with van der Waals surface area (Å²) in [6.45, 7) is -0.258. The van der Waals surface area contributed by atoms with Crippen LogP contribution in [0.25, 0.3) is 0 Å². The lowest BCUT2D eigenvalue weighted by molar-refractivity contribution is -0.137. The van der Waals surface area contributed by atoms with Crippen molar-refractivity contribution in [3.05, 3.63) is 12.5 Å². The molecule has 2 rings (SSSR count). The minimum absolute atomic E-state index is 0.0700. The maximum Gasteiger partial charge on any atom is 0.318 e. The van der Waals surface area contributed by atoms with Crippen LogP contribution in [-0.2, 0) is 14.8 Å². The van der Waals surface area contributed by atoms with Gasteiger partial charge in [-0.1, -0.05) is 0 Å². The SMILES string of the molecule is O=C(O)CN(CC1CC1)S(=O)(=O)c1cnc[nH]1. The minimum Gasteiger partial charge on any atom is -0.480 e. The molecule has 0 unspecified atom stereocenters. The van der Waals surface area contributed by atoms with Crippen LogP contribution in [0.2, 0.25) is 0 Å². The molecule has 0 aliphatic heterocycles. The van der Waals surface area contributed by atoms with Crippen molar-refractivity contribution in [1.82, 2.24) is 14.3 Å². The predicted molar refractivity (Wildman–Crippen MR) is 57.7 cm³/mol. The molecule has 17 heavy (non-hydrogen) atoms. The average molecular weight is 259 g/mol. The molecular weight excluding hydrogens is 246 g/mol. The van der Waals surface area contributed by atoms with Crippen molar-refractivity contribution >= 4 is 16.0 Å². The molecule has 7 nitrogen and oxygen atoms in total. The molecule has 8 heteroatoms. The Morgan fingerprint density at radius 2 is 2.29 bits per heavy atom. The zero-order valence-corrected chi connectivity index (χ0v) is 9.85. The van der Waals surface area contributed by atoms with Crippen LogP contribution >= 0.6 is 0 Å². The van der Waals surface area contributed by atoms with Gasteiger partial charge in [0, 0.05) is 6.54 Å². The molecule has 0 radical (unpaired) electrons. The Morgan fingerprint density at radius 3 is 2.76 bits per heavy atom. The van der Waals surface area contributed by atoms with Gasteiger partial charge in [-0.3, -0.25) is 4.79 Å². The third kappa shape index (κ3) is 2.83. The number of carboxylic acid groups (broad SMARTS) is 1. The van der Waals surface area contributed by atoms with Crippen LogP contribution in [0.5, 0.6) is 0 Å². The molecule has 2 N–H and O–H groups in total. The Hall–Kier alpha value is -1.41. The lowest BCUT2D eigenvalue weighted by Crippen LogP contribution is -2.37. The van der Waals surface area contributed by atoms with Gasteiger partial charge in [-0.25, -0.2) is 13.4 Å². The third-order valence-electron chi connectivity index (χ3n) is 2.56. The predicted octanol–water partition coefficient (Wildman–Crippen LogP) is -0.105. The van der Waals surface area contributed by atoms with E-state index in [1.807, 2.05) is 0 Å². The Kier molecular flexibility index (Phi) is 3.16. The first-order valence-electron chi connectivity index (χ1n) is 5.20. The molecule has 1 aromatic heterocycles. The average Bonchev–Trinajstić information content (AvgIpc) is 2.88. The van der Waals surface area contributed by atoms with Crippen LogP contribution in [-0.4, -0.2) is 46.9 Å². The van der Waals surface area contributed by atoms with Gasteiger partial charge >= 0.3 is 5.97 Å². The van der Waals surface area contributed by atoms with E-state index >= 15 is 0 Å². The summed E-state index contributed by atoms with van der Waals surface area (Å²) >= 11 is 0. The number of nitrogens with one attached hydrogen (secondary N) is 1. The van der Waals surface area contributed by atoms with Crippen LogP contribution < -0.4 is 0 Å². The molecule has 94 valence electrons. The van der Waals surface area contributed by atoms with Crippen LogP contribution in [0, 0.1) is 5.92 Å². The highest BCUT2D eigenvalue weighted by Gasteiger charge is 2.33. The fraction of sp³-hybridized carbons (Fsp3) is 0.556. The summed E-state index contributed by atoms with van der Waals surface area (Å²) in [6, 6.07) is 0. The monoisotopic (exact) mass is 259 g/mol. The number of aromatic amines is 1. The quantitative estimate of drug-likeness (QED) is 0.742. The van der Waals surface area contributed by atoms with Crippen LogP contribution in [0.4, 0.5) is 0 Å². The number of aromatic nitrogens is 2. The van der Waals surface area contributed by atoms with Crippen LogP contribution in [0.1, 0.15) is 12.8 Å². The highest BCUT2D eigenvalue weighted by Crippen LogP contribution is 2.31. The van der Waals surface area contributed by atoms with Crippen molar-refractivity contribution in [2.75, 3.05) is 13.1 Å². The van der Waals surface area contributed by atoms with Gasteiger partial charge in [0.2, 0.25) is 0 Å². The van der Waals surface area contributed by atoms with Gasteiger partial charge in [0.25, 0.3) is 10.0 Å². The number of carboxylic acids is 1. The van der Waals surface area contributed by atoms with E-state index < -0.39 is 22.5 Å². The third-order valence-corrected chi connectivity index (χ3v) is 4.30. The Bertz CT molecular complexity index is 492. The smallest absolute Gasteiger partial charge is 0.318 e. The van der Waals surface area contributed by atoms with Gasteiger partial charge in [0.05, 0.1) is 12.5 Å². The number of hydrogen-bond acceptors (Lipinski definition) is 4. The summed E-state index contributed by atoms with van der Waals surface area (Å²) in [5, 5.41) is 8.68. The molecule has 0 atom stereocenters. The first-order valence-corrected chi connectivity index (χ1v) is 6.64. The highest BCUT2D eigenvalue weighted by atomic mass is 32.2. The van der Waals surface area contributed by atoms with E-state index in [2.05, 4.69) is 9.97 Å². The zero-order valence-electron chi connectivity index (χ0n) is 9.04. The number of imidazole rings is 1. The largest absolute Gasteiger partial charge is 0.480 e. The molecular formula is C9H13N3O4S. The first-order chi connectivity index (χ1) is 8.00. The first kappa shape index (κ1) is 12.1. The Balaban J connectivity index is 2.21. The summed E-state index contributed by atoms with van der Waals surface area (Å²) in [6.07, 6.45) is 4.34. The van der Waals surface area contributed by atoms with Crippen molar-refractivity contribution in [1.29, 1.82) is 0 Å². The summed E-state index contributed by atoms with van der Waals surface area (Å²) in [5.41, 5.74) is 0. The number of aliphatic carboxylic acids is 1. The summed E-state index contributed by atoms with van der Waals surface area (Å²) in [7, 11) is -3.77. The standard InChI is InChI=1S/C9H13N3O4S/c13-9(14)5-12(4-7-1-2-7)17(15,16)8-3-10-6-11-8/h3,6-7H,1-2,4-5H2,(H,10,11)(H,13,14). The molecule has 0 saturated heterocycles. The molecule has 1 aliphatic rings. The second-order valence-electron chi connectivity index (χ2n) is 4.05. The van der Waals surface area contributed by atoms with E-state index in [9.17, 15) is 13.2 Å². The minimum atomic E-state index is -3.77.